The first-order chi connectivity index (χ1) is 7.27. The molecule has 2 rings (SSSR count). The third kappa shape index (κ3) is 2.33. The lowest BCUT2D eigenvalue weighted by atomic mass is 10.2. The molecule has 0 saturated carbocycles. The second kappa shape index (κ2) is 4.40. The number of anilines is 1. The van der Waals surface area contributed by atoms with E-state index in [0.717, 1.165) is 18.7 Å². The zero-order chi connectivity index (χ0) is 10.7. The van der Waals surface area contributed by atoms with Crippen molar-refractivity contribution >= 4 is 11.6 Å². The molecule has 0 unspecified atom stereocenters. The van der Waals surface area contributed by atoms with Gasteiger partial charge in [-0.3, -0.25) is 4.79 Å². The minimum Gasteiger partial charge on any atom is -0.311 e. The summed E-state index contributed by atoms with van der Waals surface area (Å²) in [6, 6.07) is 6.03. The molecular weight excluding hydrogens is 195 g/mol. The Bertz CT molecular complexity index is 350. The van der Waals surface area contributed by atoms with Gasteiger partial charge in [0.25, 0.3) is 0 Å². The van der Waals surface area contributed by atoms with Crippen molar-refractivity contribution in [1.82, 2.24) is 5.32 Å². The van der Waals surface area contributed by atoms with E-state index >= 15 is 0 Å². The Labute approximate surface area is 87.9 Å². The van der Waals surface area contributed by atoms with Crippen LogP contribution < -0.4 is 10.2 Å². The SMILES string of the molecule is O=C1CNCCCN1c1ccc(F)cc1. The summed E-state index contributed by atoms with van der Waals surface area (Å²) in [5.41, 5.74) is 0.769. The third-order valence-corrected chi connectivity index (χ3v) is 2.45. The molecule has 1 N–H and O–H groups in total. The molecule has 1 amide bonds. The Morgan fingerprint density at radius 2 is 2.00 bits per heavy atom. The molecule has 15 heavy (non-hydrogen) atoms. The number of carbonyl (C=O) groups is 1. The number of hydrogen-bond acceptors (Lipinski definition) is 2. The molecule has 1 heterocycles. The van der Waals surface area contributed by atoms with Gasteiger partial charge in [0.05, 0.1) is 6.54 Å². The normalized spacial score (nSPS) is 17.7. The zero-order valence-corrected chi connectivity index (χ0v) is 8.37. The van der Waals surface area contributed by atoms with E-state index in [9.17, 15) is 9.18 Å². The van der Waals surface area contributed by atoms with Crippen molar-refractivity contribution < 1.29 is 9.18 Å². The molecule has 1 aromatic rings. The quantitative estimate of drug-likeness (QED) is 0.751. The zero-order valence-electron chi connectivity index (χ0n) is 8.37. The van der Waals surface area contributed by atoms with E-state index in [4.69, 9.17) is 0 Å². The summed E-state index contributed by atoms with van der Waals surface area (Å²) in [5.74, 6) is -0.238. The maximum Gasteiger partial charge on any atom is 0.240 e. The predicted octanol–water partition coefficient (Wildman–Crippen LogP) is 1.15. The smallest absolute Gasteiger partial charge is 0.240 e. The first-order valence-electron chi connectivity index (χ1n) is 5.04. The predicted molar refractivity (Wildman–Crippen MR) is 56.2 cm³/mol. The molecule has 0 atom stereocenters. The molecule has 3 nitrogen and oxygen atoms in total. The Morgan fingerprint density at radius 1 is 1.27 bits per heavy atom. The van der Waals surface area contributed by atoms with Crippen molar-refractivity contribution in [3.63, 3.8) is 0 Å². The van der Waals surface area contributed by atoms with Crippen molar-refractivity contribution in [1.29, 1.82) is 0 Å². The molecule has 0 bridgehead atoms. The third-order valence-electron chi connectivity index (χ3n) is 2.45. The summed E-state index contributed by atoms with van der Waals surface area (Å²) in [4.78, 5) is 13.4. The van der Waals surface area contributed by atoms with Crippen LogP contribution in [0.3, 0.4) is 0 Å². The molecule has 80 valence electrons. The van der Waals surface area contributed by atoms with Crippen LogP contribution in [0.25, 0.3) is 0 Å². The number of amides is 1. The summed E-state index contributed by atoms with van der Waals surface area (Å²) in [6.45, 7) is 1.90. The Balaban J connectivity index is 2.20. The van der Waals surface area contributed by atoms with Gasteiger partial charge in [0.2, 0.25) is 5.91 Å². The number of carbonyl (C=O) groups excluding carboxylic acids is 1. The Morgan fingerprint density at radius 3 is 2.73 bits per heavy atom. The molecule has 1 aromatic carbocycles. The van der Waals surface area contributed by atoms with Crippen LogP contribution in [0.1, 0.15) is 6.42 Å². The summed E-state index contributed by atoms with van der Waals surface area (Å²) >= 11 is 0. The molecule has 0 aliphatic carbocycles. The monoisotopic (exact) mass is 208 g/mol. The van der Waals surface area contributed by atoms with Crippen LogP contribution in [-0.4, -0.2) is 25.5 Å². The standard InChI is InChI=1S/C11H13FN2O/c12-9-2-4-10(5-3-9)14-7-1-6-13-8-11(14)15/h2-5,13H,1,6-8H2. The summed E-state index contributed by atoms with van der Waals surface area (Å²) in [6.07, 6.45) is 0.920. The van der Waals surface area contributed by atoms with Gasteiger partial charge in [-0.05, 0) is 37.2 Å². The Hall–Kier alpha value is -1.42. The van der Waals surface area contributed by atoms with E-state index in [1.807, 2.05) is 0 Å². The molecule has 0 aromatic heterocycles. The van der Waals surface area contributed by atoms with Crippen molar-refractivity contribution in [2.75, 3.05) is 24.5 Å². The van der Waals surface area contributed by atoms with Gasteiger partial charge in [-0.2, -0.15) is 0 Å². The minimum absolute atomic E-state index is 0.0408. The summed E-state index contributed by atoms with van der Waals surface area (Å²) in [5, 5.41) is 3.04. The lowest BCUT2D eigenvalue weighted by Crippen LogP contribution is -2.34. The van der Waals surface area contributed by atoms with Crippen LogP contribution >= 0.6 is 0 Å². The van der Waals surface area contributed by atoms with E-state index in [2.05, 4.69) is 5.32 Å². The van der Waals surface area contributed by atoms with E-state index in [1.54, 1.807) is 17.0 Å². The molecule has 0 spiro atoms. The fourth-order valence-electron chi connectivity index (χ4n) is 1.67. The molecule has 1 aliphatic heterocycles. The second-order valence-electron chi connectivity index (χ2n) is 3.55. The van der Waals surface area contributed by atoms with Gasteiger partial charge in [0.15, 0.2) is 0 Å². The van der Waals surface area contributed by atoms with Crippen molar-refractivity contribution in [3.8, 4) is 0 Å². The molecule has 0 radical (unpaired) electrons. The number of benzene rings is 1. The topological polar surface area (TPSA) is 32.3 Å². The first kappa shape index (κ1) is 10.1. The summed E-state index contributed by atoms with van der Waals surface area (Å²) < 4.78 is 12.7. The van der Waals surface area contributed by atoms with Gasteiger partial charge in [-0.25, -0.2) is 4.39 Å². The first-order valence-corrected chi connectivity index (χ1v) is 5.04. The van der Waals surface area contributed by atoms with Crippen LogP contribution in [0.2, 0.25) is 0 Å². The van der Waals surface area contributed by atoms with Crippen LogP contribution in [0.5, 0.6) is 0 Å². The second-order valence-corrected chi connectivity index (χ2v) is 3.55. The summed E-state index contributed by atoms with van der Waals surface area (Å²) in [7, 11) is 0. The minimum atomic E-state index is -0.279. The lowest BCUT2D eigenvalue weighted by molar-refractivity contribution is -0.117. The van der Waals surface area contributed by atoms with Crippen LogP contribution in [0.15, 0.2) is 24.3 Å². The fourth-order valence-corrected chi connectivity index (χ4v) is 1.67. The maximum absolute atomic E-state index is 12.7. The average molecular weight is 208 g/mol. The Kier molecular flexibility index (Phi) is 2.97. The number of halogens is 1. The number of nitrogens with one attached hydrogen (secondary N) is 1. The fraction of sp³-hybridized carbons (Fsp3) is 0.364. The van der Waals surface area contributed by atoms with E-state index < -0.39 is 0 Å². The van der Waals surface area contributed by atoms with Crippen molar-refractivity contribution in [2.24, 2.45) is 0 Å². The molecule has 1 saturated heterocycles. The van der Waals surface area contributed by atoms with Crippen LogP contribution in [0, 0.1) is 5.82 Å². The number of rotatable bonds is 1. The van der Waals surface area contributed by atoms with Gasteiger partial charge >= 0.3 is 0 Å². The van der Waals surface area contributed by atoms with Crippen LogP contribution in [-0.2, 0) is 4.79 Å². The molecule has 1 aliphatic rings. The van der Waals surface area contributed by atoms with E-state index in [0.29, 0.717) is 13.1 Å². The van der Waals surface area contributed by atoms with E-state index in [-0.39, 0.29) is 11.7 Å². The number of hydrogen-bond donors (Lipinski definition) is 1. The average Bonchev–Trinajstić information content (AvgIpc) is 2.44. The highest BCUT2D eigenvalue weighted by molar-refractivity contribution is 5.94. The number of nitrogens with zero attached hydrogens (tertiary/aromatic N) is 1. The highest BCUT2D eigenvalue weighted by Gasteiger charge is 2.17. The molecule has 1 fully saturated rings. The maximum atomic E-state index is 12.7. The van der Waals surface area contributed by atoms with Crippen LogP contribution in [0.4, 0.5) is 10.1 Å². The van der Waals surface area contributed by atoms with Gasteiger partial charge < -0.3 is 10.2 Å². The lowest BCUT2D eigenvalue weighted by Gasteiger charge is -2.19. The largest absolute Gasteiger partial charge is 0.311 e. The van der Waals surface area contributed by atoms with Gasteiger partial charge in [0, 0.05) is 12.2 Å². The molecular formula is C11H13FN2O. The van der Waals surface area contributed by atoms with Gasteiger partial charge in [0.1, 0.15) is 5.82 Å². The molecule has 4 heteroatoms. The van der Waals surface area contributed by atoms with E-state index in [1.165, 1.54) is 12.1 Å². The van der Waals surface area contributed by atoms with Gasteiger partial charge in [-0.1, -0.05) is 0 Å². The highest BCUT2D eigenvalue weighted by atomic mass is 19.1. The van der Waals surface area contributed by atoms with Crippen molar-refractivity contribution in [2.45, 2.75) is 6.42 Å². The van der Waals surface area contributed by atoms with Crippen molar-refractivity contribution in [3.05, 3.63) is 30.1 Å². The highest BCUT2D eigenvalue weighted by Crippen LogP contribution is 2.16. The van der Waals surface area contributed by atoms with Gasteiger partial charge in [-0.15, -0.1) is 0 Å².